The Morgan fingerprint density at radius 2 is 1.84 bits per heavy atom. The lowest BCUT2D eigenvalue weighted by Gasteiger charge is -2.30. The third-order valence-electron chi connectivity index (χ3n) is 5.71. The second kappa shape index (κ2) is 13.1. The summed E-state index contributed by atoms with van der Waals surface area (Å²) in [6.45, 7) is 1.03. The molecule has 1 aromatic carbocycles. The summed E-state index contributed by atoms with van der Waals surface area (Å²) < 4.78 is 9.86. The highest BCUT2D eigenvalue weighted by atomic mass is 16.5. The Balaban J connectivity index is 2.13. The summed E-state index contributed by atoms with van der Waals surface area (Å²) in [7, 11) is 2.68. The number of nitrogens with two attached hydrogens (primary N) is 1. The zero-order chi connectivity index (χ0) is 22.6. The molecule has 1 aliphatic rings. The Morgan fingerprint density at radius 3 is 2.48 bits per heavy atom. The molecule has 31 heavy (non-hydrogen) atoms. The topological polar surface area (TPSA) is 111 Å². The number of amides is 1. The molecule has 0 bridgehead atoms. The van der Waals surface area contributed by atoms with E-state index in [-0.39, 0.29) is 5.91 Å². The van der Waals surface area contributed by atoms with Crippen molar-refractivity contribution in [3.8, 4) is 0 Å². The van der Waals surface area contributed by atoms with Gasteiger partial charge in [0.25, 0.3) is 0 Å². The second-order valence-corrected chi connectivity index (χ2v) is 7.82. The zero-order valence-electron chi connectivity index (χ0n) is 18.5. The minimum Gasteiger partial charge on any atom is -0.468 e. The van der Waals surface area contributed by atoms with E-state index in [1.54, 1.807) is 4.90 Å². The van der Waals surface area contributed by atoms with Crippen molar-refractivity contribution >= 4 is 17.8 Å². The Bertz CT molecular complexity index is 712. The summed E-state index contributed by atoms with van der Waals surface area (Å²) in [5.41, 5.74) is 6.73. The van der Waals surface area contributed by atoms with E-state index in [2.05, 4.69) is 5.32 Å². The van der Waals surface area contributed by atoms with Gasteiger partial charge in [0.2, 0.25) is 5.91 Å². The summed E-state index contributed by atoms with van der Waals surface area (Å²) in [5.74, 6) is -0.989. The number of rotatable bonds is 12. The van der Waals surface area contributed by atoms with Gasteiger partial charge in [0, 0.05) is 6.54 Å². The number of carbonyl (C=O) groups excluding carboxylic acids is 3. The van der Waals surface area contributed by atoms with Crippen LogP contribution in [-0.2, 0) is 30.3 Å². The van der Waals surface area contributed by atoms with Gasteiger partial charge < -0.3 is 20.1 Å². The number of methoxy groups -OCH3 is 2. The number of ether oxygens (including phenoxy) is 2. The molecule has 8 nitrogen and oxygen atoms in total. The standard InChI is InChI=1S/C23H35N3O5/c1-30-22(28)19(14-13-17-9-4-3-5-10-17)25-18(11-6-7-15-24)21(27)26-16-8-12-20(26)23(29)31-2/h3-5,9-10,18-20,25H,6-8,11-16,24H2,1-2H3/t18-,19-,20-/m0/s1. The highest BCUT2D eigenvalue weighted by Crippen LogP contribution is 2.21. The van der Waals surface area contributed by atoms with Gasteiger partial charge in [-0.2, -0.15) is 0 Å². The van der Waals surface area contributed by atoms with Gasteiger partial charge in [-0.25, -0.2) is 4.79 Å². The largest absolute Gasteiger partial charge is 0.468 e. The summed E-state index contributed by atoms with van der Waals surface area (Å²) in [5, 5.41) is 3.23. The molecule has 1 fully saturated rings. The average Bonchev–Trinajstić information content (AvgIpc) is 3.30. The minimum absolute atomic E-state index is 0.182. The summed E-state index contributed by atoms with van der Waals surface area (Å²) in [6.07, 6.45) is 4.54. The quantitative estimate of drug-likeness (QED) is 0.379. The SMILES string of the molecule is COC(=O)[C@H](CCc1ccccc1)N[C@@H](CCCCN)C(=O)N1CCC[C@H]1C(=O)OC. The lowest BCUT2D eigenvalue weighted by atomic mass is 10.0. The molecule has 172 valence electrons. The van der Waals surface area contributed by atoms with Crippen molar-refractivity contribution in [1.29, 1.82) is 0 Å². The first-order valence-electron chi connectivity index (χ1n) is 11.0. The maximum atomic E-state index is 13.4. The Morgan fingerprint density at radius 1 is 1.10 bits per heavy atom. The van der Waals surface area contributed by atoms with Gasteiger partial charge in [-0.1, -0.05) is 36.8 Å². The van der Waals surface area contributed by atoms with Crippen LogP contribution >= 0.6 is 0 Å². The Labute approximate surface area is 184 Å². The molecule has 3 N–H and O–H groups in total. The van der Waals surface area contributed by atoms with E-state index < -0.39 is 30.1 Å². The molecule has 0 radical (unpaired) electrons. The van der Waals surface area contributed by atoms with Gasteiger partial charge >= 0.3 is 11.9 Å². The van der Waals surface area contributed by atoms with Gasteiger partial charge in [0.05, 0.1) is 20.3 Å². The number of hydrogen-bond donors (Lipinski definition) is 2. The molecular formula is C23H35N3O5. The molecule has 1 saturated heterocycles. The number of likely N-dealkylation sites (tertiary alicyclic amines) is 1. The maximum absolute atomic E-state index is 13.4. The fourth-order valence-electron chi connectivity index (χ4n) is 3.99. The van der Waals surface area contributed by atoms with Crippen molar-refractivity contribution in [2.45, 2.75) is 63.1 Å². The molecule has 3 atom stereocenters. The van der Waals surface area contributed by atoms with Crippen LogP contribution in [0.3, 0.4) is 0 Å². The summed E-state index contributed by atoms with van der Waals surface area (Å²) in [4.78, 5) is 39.5. The van der Waals surface area contributed by atoms with Gasteiger partial charge in [0.15, 0.2) is 0 Å². The van der Waals surface area contributed by atoms with Gasteiger partial charge in [-0.15, -0.1) is 0 Å². The van der Waals surface area contributed by atoms with Gasteiger partial charge in [-0.3, -0.25) is 14.9 Å². The molecule has 1 heterocycles. The number of hydrogen-bond acceptors (Lipinski definition) is 7. The van der Waals surface area contributed by atoms with Gasteiger partial charge in [-0.05, 0) is 50.6 Å². The molecular weight excluding hydrogens is 398 g/mol. The molecule has 8 heteroatoms. The van der Waals surface area contributed by atoms with E-state index in [4.69, 9.17) is 15.2 Å². The van der Waals surface area contributed by atoms with Crippen molar-refractivity contribution in [1.82, 2.24) is 10.2 Å². The fourth-order valence-corrected chi connectivity index (χ4v) is 3.99. The van der Waals surface area contributed by atoms with Crippen LogP contribution in [0.25, 0.3) is 0 Å². The van der Waals surface area contributed by atoms with Crippen molar-refractivity contribution in [3.63, 3.8) is 0 Å². The fraction of sp³-hybridized carbons (Fsp3) is 0.609. The third kappa shape index (κ3) is 7.33. The molecule has 0 saturated carbocycles. The van der Waals surface area contributed by atoms with Crippen molar-refractivity contribution < 1.29 is 23.9 Å². The zero-order valence-corrected chi connectivity index (χ0v) is 18.5. The number of nitrogens with one attached hydrogen (secondary N) is 1. The predicted molar refractivity (Wildman–Crippen MR) is 117 cm³/mol. The van der Waals surface area contributed by atoms with E-state index in [0.717, 1.165) is 24.8 Å². The maximum Gasteiger partial charge on any atom is 0.328 e. The van der Waals surface area contributed by atoms with Crippen LogP contribution in [-0.4, -0.2) is 68.2 Å². The minimum atomic E-state index is -0.629. The summed E-state index contributed by atoms with van der Waals surface area (Å²) >= 11 is 0. The molecule has 0 aliphatic carbocycles. The number of nitrogens with zero attached hydrogens (tertiary/aromatic N) is 1. The lowest BCUT2D eigenvalue weighted by molar-refractivity contribution is -0.152. The smallest absolute Gasteiger partial charge is 0.328 e. The first kappa shape index (κ1) is 24.8. The molecule has 0 spiro atoms. The van der Waals surface area contributed by atoms with Crippen molar-refractivity contribution in [2.24, 2.45) is 5.73 Å². The van der Waals surface area contributed by atoms with E-state index in [0.29, 0.717) is 38.8 Å². The first-order chi connectivity index (χ1) is 15.0. The molecule has 1 aliphatic heterocycles. The second-order valence-electron chi connectivity index (χ2n) is 7.82. The molecule has 0 unspecified atom stereocenters. The van der Waals surface area contributed by atoms with E-state index in [9.17, 15) is 14.4 Å². The molecule has 0 aromatic heterocycles. The normalized spacial score (nSPS) is 17.8. The molecule has 1 amide bonds. The van der Waals surface area contributed by atoms with E-state index in [1.165, 1.54) is 14.2 Å². The van der Waals surface area contributed by atoms with Crippen molar-refractivity contribution in [2.75, 3.05) is 27.3 Å². The number of aryl methyl sites for hydroxylation is 1. The van der Waals surface area contributed by atoms with Crippen LogP contribution in [0.1, 0.15) is 44.1 Å². The van der Waals surface area contributed by atoms with Crippen molar-refractivity contribution in [3.05, 3.63) is 35.9 Å². The van der Waals surface area contributed by atoms with Crippen LogP contribution in [0.5, 0.6) is 0 Å². The number of benzene rings is 1. The average molecular weight is 434 g/mol. The number of unbranched alkanes of at least 4 members (excludes halogenated alkanes) is 1. The van der Waals surface area contributed by atoms with E-state index >= 15 is 0 Å². The molecule has 2 rings (SSSR count). The molecule has 1 aromatic rings. The summed E-state index contributed by atoms with van der Waals surface area (Å²) in [6, 6.07) is 8.06. The van der Waals surface area contributed by atoms with Crippen LogP contribution in [0.15, 0.2) is 30.3 Å². The highest BCUT2D eigenvalue weighted by Gasteiger charge is 2.38. The highest BCUT2D eigenvalue weighted by molar-refractivity contribution is 5.88. The van der Waals surface area contributed by atoms with Crippen LogP contribution in [0.4, 0.5) is 0 Å². The number of esters is 2. The van der Waals surface area contributed by atoms with E-state index in [1.807, 2.05) is 30.3 Å². The monoisotopic (exact) mass is 433 g/mol. The number of carbonyl (C=O) groups is 3. The first-order valence-corrected chi connectivity index (χ1v) is 11.0. The van der Waals surface area contributed by atoms with Crippen LogP contribution in [0.2, 0.25) is 0 Å². The van der Waals surface area contributed by atoms with Crippen LogP contribution < -0.4 is 11.1 Å². The lowest BCUT2D eigenvalue weighted by Crippen LogP contribution is -2.54. The Kier molecular flexibility index (Phi) is 10.5. The predicted octanol–water partition coefficient (Wildman–Crippen LogP) is 1.41. The van der Waals surface area contributed by atoms with Gasteiger partial charge in [0.1, 0.15) is 12.1 Å². The van der Waals surface area contributed by atoms with Crippen LogP contribution in [0, 0.1) is 0 Å². The third-order valence-corrected chi connectivity index (χ3v) is 5.71. The Hall–Kier alpha value is -2.45.